The smallest absolute Gasteiger partial charge is 0.115 e. The third-order valence-corrected chi connectivity index (χ3v) is 2.38. The third kappa shape index (κ3) is 1.70. The molecule has 0 amide bonds. The van der Waals surface area contributed by atoms with Crippen LogP contribution in [-0.4, -0.2) is 28.5 Å². The molecule has 12 heavy (non-hydrogen) atoms. The van der Waals surface area contributed by atoms with Crippen LogP contribution in [0.15, 0.2) is 17.3 Å². The molecule has 0 heterocycles. The van der Waals surface area contributed by atoms with Crippen LogP contribution in [0.25, 0.3) is 0 Å². The van der Waals surface area contributed by atoms with E-state index in [0.717, 1.165) is 5.57 Å². The fourth-order valence-electron chi connectivity index (χ4n) is 1.42. The average Bonchev–Trinajstić information content (AvgIpc) is 2.10. The first-order valence-corrected chi connectivity index (χ1v) is 3.95. The lowest BCUT2D eigenvalue weighted by Crippen LogP contribution is -2.40. The first-order chi connectivity index (χ1) is 5.61. The van der Waals surface area contributed by atoms with E-state index < -0.39 is 11.6 Å². The van der Waals surface area contributed by atoms with Crippen molar-refractivity contribution in [3.05, 3.63) is 17.1 Å². The lowest BCUT2D eigenvalue weighted by atomic mass is 9.80. The summed E-state index contributed by atoms with van der Waals surface area (Å²) in [5.74, 6) is 0. The van der Waals surface area contributed by atoms with E-state index in [0.29, 0.717) is 12.8 Å². The maximum Gasteiger partial charge on any atom is 0.115 e. The summed E-state index contributed by atoms with van der Waals surface area (Å²) < 4.78 is 0. The first kappa shape index (κ1) is 9.35. The third-order valence-electron chi connectivity index (χ3n) is 2.38. The van der Waals surface area contributed by atoms with Gasteiger partial charge in [-0.1, -0.05) is 11.8 Å². The second kappa shape index (κ2) is 3.33. The number of hydrogen-bond acceptors (Lipinski definition) is 4. The molecule has 1 aliphatic rings. The fraction of sp³-hybridized carbons (Fsp3) is 0.750. The van der Waals surface area contributed by atoms with Crippen LogP contribution < -0.4 is 0 Å². The first-order valence-electron chi connectivity index (χ1n) is 3.95. The molecule has 1 aliphatic carbocycles. The van der Waals surface area contributed by atoms with Crippen LogP contribution in [-0.2, 0) is 0 Å². The molecule has 1 rings (SSSR count). The van der Waals surface area contributed by atoms with Crippen molar-refractivity contribution in [2.45, 2.75) is 30.9 Å². The molecule has 2 N–H and O–H groups in total. The molecular formula is C8H13NO3. The van der Waals surface area contributed by atoms with Gasteiger partial charge in [-0.25, -0.2) is 0 Å². The molecule has 68 valence electrons. The largest absolute Gasteiger partial charge is 0.393 e. The Hall–Kier alpha value is -0.740. The Morgan fingerprint density at radius 1 is 1.75 bits per heavy atom. The minimum Gasteiger partial charge on any atom is -0.393 e. The molecule has 0 aliphatic heterocycles. The van der Waals surface area contributed by atoms with Crippen LogP contribution in [0.5, 0.6) is 0 Å². The summed E-state index contributed by atoms with van der Waals surface area (Å²) >= 11 is 0. The van der Waals surface area contributed by atoms with Gasteiger partial charge in [-0.05, 0) is 18.4 Å². The van der Waals surface area contributed by atoms with Crippen molar-refractivity contribution in [3.63, 3.8) is 0 Å². The van der Waals surface area contributed by atoms with Crippen LogP contribution in [0.2, 0.25) is 0 Å². The molecule has 4 heteroatoms. The Balaban J connectivity index is 2.67. The zero-order chi connectivity index (χ0) is 9.19. The molecule has 0 aromatic carbocycles. The predicted octanol–water partition coefficient (Wildman–Crippen LogP) is 0.585. The molecule has 0 aromatic rings. The van der Waals surface area contributed by atoms with Crippen LogP contribution in [0.3, 0.4) is 0 Å². The summed E-state index contributed by atoms with van der Waals surface area (Å²) in [5.41, 5.74) is -0.372. The molecule has 1 fully saturated rings. The van der Waals surface area contributed by atoms with Crippen LogP contribution in [0.4, 0.5) is 0 Å². The van der Waals surface area contributed by atoms with E-state index in [9.17, 15) is 10.0 Å². The van der Waals surface area contributed by atoms with Crippen LogP contribution in [0.1, 0.15) is 19.3 Å². The number of aliphatic hydroxyl groups excluding tert-OH is 1. The van der Waals surface area contributed by atoms with Crippen molar-refractivity contribution in [2.75, 3.05) is 6.61 Å². The van der Waals surface area contributed by atoms with Gasteiger partial charge in [-0.3, -0.25) is 0 Å². The summed E-state index contributed by atoms with van der Waals surface area (Å²) in [6.07, 6.45) is 1.23. The lowest BCUT2D eigenvalue weighted by Gasteiger charge is -2.33. The monoisotopic (exact) mass is 171 g/mol. The topological polar surface area (TPSA) is 69.9 Å². The number of hydrogen-bond donors (Lipinski definition) is 2. The van der Waals surface area contributed by atoms with Crippen molar-refractivity contribution < 1.29 is 10.2 Å². The van der Waals surface area contributed by atoms with E-state index in [-0.39, 0.29) is 13.0 Å². The molecule has 0 unspecified atom stereocenters. The molecule has 0 bridgehead atoms. The minimum atomic E-state index is -1.13. The zero-order valence-corrected chi connectivity index (χ0v) is 6.86. The fourth-order valence-corrected chi connectivity index (χ4v) is 1.42. The van der Waals surface area contributed by atoms with Gasteiger partial charge in [-0.2, -0.15) is 4.91 Å². The highest BCUT2D eigenvalue weighted by Gasteiger charge is 2.36. The van der Waals surface area contributed by atoms with E-state index >= 15 is 0 Å². The molecule has 0 saturated heterocycles. The van der Waals surface area contributed by atoms with Gasteiger partial charge in [0.1, 0.15) is 6.04 Å². The Kier molecular flexibility index (Phi) is 2.59. The van der Waals surface area contributed by atoms with E-state index in [2.05, 4.69) is 11.8 Å². The lowest BCUT2D eigenvalue weighted by molar-refractivity contribution is -0.0382. The maximum absolute atomic E-state index is 10.3. The van der Waals surface area contributed by atoms with Gasteiger partial charge in [0.25, 0.3) is 0 Å². The number of aliphatic hydroxyl groups is 2. The summed E-state index contributed by atoms with van der Waals surface area (Å²) in [6, 6.07) is -0.532. The van der Waals surface area contributed by atoms with E-state index in [1.807, 2.05) is 0 Å². The Bertz CT molecular complexity index is 204. The van der Waals surface area contributed by atoms with E-state index in [1.54, 1.807) is 0 Å². The highest BCUT2D eigenvalue weighted by Crippen LogP contribution is 2.32. The van der Waals surface area contributed by atoms with Gasteiger partial charge in [0, 0.05) is 6.42 Å². The zero-order valence-electron chi connectivity index (χ0n) is 6.86. The Morgan fingerprint density at radius 3 is 2.92 bits per heavy atom. The maximum atomic E-state index is 10.3. The van der Waals surface area contributed by atoms with E-state index in [1.165, 1.54) is 0 Å². The van der Waals surface area contributed by atoms with Gasteiger partial charge in [0.2, 0.25) is 0 Å². The Morgan fingerprint density at radius 2 is 2.42 bits per heavy atom. The quantitative estimate of drug-likeness (QED) is 0.471. The predicted molar refractivity (Wildman–Crippen MR) is 44.6 cm³/mol. The van der Waals surface area contributed by atoms with Crippen molar-refractivity contribution in [2.24, 2.45) is 5.18 Å². The van der Waals surface area contributed by atoms with Crippen molar-refractivity contribution in [1.82, 2.24) is 0 Å². The normalized spacial score (nSPS) is 36.5. The minimum absolute atomic E-state index is 0.200. The van der Waals surface area contributed by atoms with Gasteiger partial charge >= 0.3 is 0 Å². The average molecular weight is 171 g/mol. The molecular weight excluding hydrogens is 158 g/mol. The van der Waals surface area contributed by atoms with Crippen molar-refractivity contribution in [1.29, 1.82) is 0 Å². The van der Waals surface area contributed by atoms with E-state index in [4.69, 9.17) is 5.11 Å². The van der Waals surface area contributed by atoms with Gasteiger partial charge < -0.3 is 10.2 Å². The summed E-state index contributed by atoms with van der Waals surface area (Å²) in [7, 11) is 0. The highest BCUT2D eigenvalue weighted by atomic mass is 16.3. The summed E-state index contributed by atoms with van der Waals surface area (Å²) in [6.45, 7) is 3.37. The number of nitroso groups, excluding NO2 is 1. The van der Waals surface area contributed by atoms with Gasteiger partial charge in [0.05, 0.1) is 12.2 Å². The van der Waals surface area contributed by atoms with Crippen molar-refractivity contribution in [3.8, 4) is 0 Å². The molecule has 2 atom stereocenters. The molecule has 0 radical (unpaired) electrons. The van der Waals surface area contributed by atoms with Gasteiger partial charge in [-0.15, -0.1) is 0 Å². The van der Waals surface area contributed by atoms with Crippen LogP contribution in [0, 0.1) is 4.91 Å². The Labute approximate surface area is 70.9 Å². The number of nitrogens with zero attached hydrogens (tertiary/aromatic N) is 1. The second-order valence-corrected chi connectivity index (χ2v) is 3.37. The molecule has 0 aromatic heterocycles. The second-order valence-electron chi connectivity index (χ2n) is 3.37. The summed E-state index contributed by atoms with van der Waals surface area (Å²) in [5, 5.41) is 21.3. The highest BCUT2D eigenvalue weighted by molar-refractivity contribution is 5.13. The standard InChI is InChI=1S/C8H13NO3/c1-6-2-3-8(11,5-10)4-7(6)9-12/h7,10-11H,1-5H2/t7-,8+/m1/s1. The summed E-state index contributed by atoms with van der Waals surface area (Å²) in [4.78, 5) is 10.3. The molecule has 4 nitrogen and oxygen atoms in total. The van der Waals surface area contributed by atoms with Crippen molar-refractivity contribution >= 4 is 0 Å². The molecule has 0 spiro atoms. The van der Waals surface area contributed by atoms with Gasteiger partial charge in [0.15, 0.2) is 0 Å². The SMILES string of the molecule is C=C1CC[C@@](O)(CO)C[C@H]1N=O. The van der Waals surface area contributed by atoms with Crippen LogP contribution >= 0.6 is 0 Å². The number of rotatable bonds is 2. The molecule has 1 saturated carbocycles.